The Morgan fingerprint density at radius 3 is 2.62 bits per heavy atom. The lowest BCUT2D eigenvalue weighted by molar-refractivity contribution is 0.360. The summed E-state index contributed by atoms with van der Waals surface area (Å²) in [5.74, 6) is 1.09. The Balaban J connectivity index is 2.32. The normalized spacial score (nSPS) is 10.6. The lowest BCUT2D eigenvalue weighted by Gasteiger charge is -2.09. The number of benzene rings is 1. The van der Waals surface area contributed by atoms with Crippen molar-refractivity contribution in [1.29, 1.82) is 0 Å². The first-order chi connectivity index (χ1) is 10.3. The van der Waals surface area contributed by atoms with Crippen molar-refractivity contribution in [3.05, 3.63) is 35.9 Å². The number of aromatic nitrogens is 3. The van der Waals surface area contributed by atoms with Crippen molar-refractivity contribution in [3.8, 4) is 17.8 Å². The molecule has 0 aliphatic rings. The molecule has 110 valence electrons. The second-order valence-corrected chi connectivity index (χ2v) is 4.10. The highest BCUT2D eigenvalue weighted by Gasteiger charge is 2.09. The molecule has 0 atom stereocenters. The summed E-state index contributed by atoms with van der Waals surface area (Å²) in [5.41, 5.74) is 0.948. The highest BCUT2D eigenvalue weighted by molar-refractivity contribution is 5.57. The molecule has 0 unspecified atom stereocenters. The highest BCUT2D eigenvalue weighted by Crippen LogP contribution is 2.25. The van der Waals surface area contributed by atoms with Gasteiger partial charge in [0.25, 0.3) is 0 Å². The van der Waals surface area contributed by atoms with Crippen molar-refractivity contribution in [2.75, 3.05) is 19.0 Å². The highest BCUT2D eigenvalue weighted by atomic mass is 16.5. The lowest BCUT2D eigenvalue weighted by atomic mass is 10.2. The van der Waals surface area contributed by atoms with E-state index in [0.29, 0.717) is 18.2 Å². The molecule has 1 N–H and O–H groups in total. The maximum Gasteiger partial charge on any atom is 0.330 e. The summed E-state index contributed by atoms with van der Waals surface area (Å²) in [6.45, 7) is 4.60. The number of hydrogen-bond acceptors (Lipinski definition) is 6. The van der Waals surface area contributed by atoms with Crippen LogP contribution in [0.5, 0.6) is 17.8 Å². The summed E-state index contributed by atoms with van der Waals surface area (Å²) in [6.07, 6.45) is 3.90. The van der Waals surface area contributed by atoms with Gasteiger partial charge in [0, 0.05) is 12.1 Å². The third-order valence-corrected chi connectivity index (χ3v) is 2.58. The molecular weight excluding hydrogens is 268 g/mol. The Bertz CT molecular complexity index is 629. The Kier molecular flexibility index (Phi) is 5.09. The summed E-state index contributed by atoms with van der Waals surface area (Å²) in [5, 5.41) is 3.01. The van der Waals surface area contributed by atoms with E-state index >= 15 is 0 Å². The van der Waals surface area contributed by atoms with E-state index in [1.54, 1.807) is 0 Å². The number of ether oxygens (including phenoxy) is 2. The first-order valence-electron chi connectivity index (χ1n) is 6.70. The van der Waals surface area contributed by atoms with Gasteiger partial charge >= 0.3 is 12.0 Å². The largest absolute Gasteiger partial charge is 0.467 e. The van der Waals surface area contributed by atoms with Crippen LogP contribution in [0.2, 0.25) is 0 Å². The average Bonchev–Trinajstić information content (AvgIpc) is 2.49. The van der Waals surface area contributed by atoms with E-state index in [1.807, 2.05) is 50.3 Å². The second kappa shape index (κ2) is 7.23. The molecule has 0 radical (unpaired) electrons. The smallest absolute Gasteiger partial charge is 0.330 e. The molecule has 1 aromatic heterocycles. The third kappa shape index (κ3) is 3.92. The molecule has 6 nitrogen and oxygen atoms in total. The fourth-order valence-corrected chi connectivity index (χ4v) is 1.70. The molecule has 2 aromatic rings. The Morgan fingerprint density at radius 1 is 1.14 bits per heavy atom. The summed E-state index contributed by atoms with van der Waals surface area (Å²) in [7, 11) is 1.50. The number of para-hydroxylation sites is 1. The van der Waals surface area contributed by atoms with Crippen LogP contribution in [0.25, 0.3) is 6.08 Å². The number of allylic oxidation sites excluding steroid dienone is 1. The minimum absolute atomic E-state index is 0.190. The molecule has 0 amide bonds. The van der Waals surface area contributed by atoms with Crippen molar-refractivity contribution in [2.45, 2.75) is 13.8 Å². The van der Waals surface area contributed by atoms with Crippen LogP contribution in [0.1, 0.15) is 19.4 Å². The third-order valence-electron chi connectivity index (χ3n) is 2.58. The first kappa shape index (κ1) is 14.8. The predicted molar refractivity (Wildman–Crippen MR) is 81.8 cm³/mol. The van der Waals surface area contributed by atoms with Crippen molar-refractivity contribution < 1.29 is 9.47 Å². The van der Waals surface area contributed by atoms with Crippen molar-refractivity contribution in [3.63, 3.8) is 0 Å². The van der Waals surface area contributed by atoms with Gasteiger partial charge in [-0.25, -0.2) is 0 Å². The number of nitrogens with one attached hydrogen (secondary N) is 1. The summed E-state index contributed by atoms with van der Waals surface area (Å²) < 4.78 is 10.8. The zero-order valence-electron chi connectivity index (χ0n) is 12.3. The molecule has 0 saturated heterocycles. The van der Waals surface area contributed by atoms with Gasteiger partial charge < -0.3 is 14.8 Å². The molecular formula is C15H18N4O2. The Morgan fingerprint density at radius 2 is 1.90 bits per heavy atom. The molecule has 0 fully saturated rings. The van der Waals surface area contributed by atoms with Gasteiger partial charge in [-0.2, -0.15) is 9.97 Å². The van der Waals surface area contributed by atoms with Gasteiger partial charge in [0.15, 0.2) is 0 Å². The van der Waals surface area contributed by atoms with E-state index < -0.39 is 0 Å². The van der Waals surface area contributed by atoms with Crippen LogP contribution in [0, 0.1) is 0 Å². The molecule has 0 bridgehead atoms. The average molecular weight is 286 g/mol. The summed E-state index contributed by atoms with van der Waals surface area (Å²) in [4.78, 5) is 12.4. The van der Waals surface area contributed by atoms with Crippen LogP contribution in [0.3, 0.4) is 0 Å². The van der Waals surface area contributed by atoms with E-state index in [0.717, 1.165) is 5.56 Å². The van der Waals surface area contributed by atoms with Gasteiger partial charge in [-0.15, -0.1) is 4.98 Å². The van der Waals surface area contributed by atoms with E-state index in [4.69, 9.17) is 9.47 Å². The summed E-state index contributed by atoms with van der Waals surface area (Å²) in [6, 6.07) is 8.05. The van der Waals surface area contributed by atoms with Crippen molar-refractivity contribution >= 4 is 12.0 Å². The molecule has 1 aromatic carbocycles. The van der Waals surface area contributed by atoms with E-state index in [-0.39, 0.29) is 12.0 Å². The lowest BCUT2D eigenvalue weighted by Crippen LogP contribution is -2.06. The number of anilines is 1. The monoisotopic (exact) mass is 286 g/mol. The van der Waals surface area contributed by atoms with Gasteiger partial charge in [0.1, 0.15) is 5.75 Å². The SMILES string of the molecule is C/C=C/c1ccccc1Oc1nc(NCC)nc(OC)n1. The Hall–Kier alpha value is -2.63. The Labute approximate surface area is 123 Å². The van der Waals surface area contributed by atoms with Crippen LogP contribution >= 0.6 is 0 Å². The minimum atomic E-state index is 0.190. The molecule has 21 heavy (non-hydrogen) atoms. The number of nitrogens with zero attached hydrogens (tertiary/aromatic N) is 3. The maximum absolute atomic E-state index is 5.76. The van der Waals surface area contributed by atoms with Gasteiger partial charge in [-0.05, 0) is 19.9 Å². The van der Waals surface area contributed by atoms with Crippen LogP contribution < -0.4 is 14.8 Å². The van der Waals surface area contributed by atoms with Gasteiger partial charge in [0.05, 0.1) is 7.11 Å². The number of hydrogen-bond donors (Lipinski definition) is 1. The molecule has 0 spiro atoms. The molecule has 6 heteroatoms. The molecule has 1 heterocycles. The molecule has 0 saturated carbocycles. The van der Waals surface area contributed by atoms with Crippen LogP contribution in [0.4, 0.5) is 5.95 Å². The van der Waals surface area contributed by atoms with Crippen LogP contribution in [0.15, 0.2) is 30.3 Å². The van der Waals surface area contributed by atoms with Crippen LogP contribution in [-0.2, 0) is 0 Å². The quantitative estimate of drug-likeness (QED) is 0.879. The second-order valence-electron chi connectivity index (χ2n) is 4.10. The standard InChI is InChI=1S/C15H18N4O2/c1-4-8-11-9-6-7-10-12(11)21-15-18-13(16-5-2)17-14(19-15)20-3/h4,6-10H,5H2,1-3H3,(H,16,17,18,19)/b8-4+. The van der Waals surface area contributed by atoms with Crippen molar-refractivity contribution in [2.24, 2.45) is 0 Å². The van der Waals surface area contributed by atoms with Crippen molar-refractivity contribution in [1.82, 2.24) is 15.0 Å². The van der Waals surface area contributed by atoms with E-state index in [1.165, 1.54) is 7.11 Å². The first-order valence-corrected chi connectivity index (χ1v) is 6.70. The topological polar surface area (TPSA) is 69.2 Å². The molecule has 0 aliphatic heterocycles. The van der Waals surface area contributed by atoms with E-state index in [9.17, 15) is 0 Å². The predicted octanol–water partition coefficient (Wildman–Crippen LogP) is 3.14. The number of rotatable bonds is 6. The summed E-state index contributed by atoms with van der Waals surface area (Å²) >= 11 is 0. The zero-order valence-corrected chi connectivity index (χ0v) is 12.3. The molecule has 2 rings (SSSR count). The fourth-order valence-electron chi connectivity index (χ4n) is 1.70. The van der Waals surface area contributed by atoms with Gasteiger partial charge in [0.2, 0.25) is 5.95 Å². The van der Waals surface area contributed by atoms with E-state index in [2.05, 4.69) is 20.3 Å². The minimum Gasteiger partial charge on any atom is -0.467 e. The fraction of sp³-hybridized carbons (Fsp3) is 0.267. The zero-order chi connectivity index (χ0) is 15.1. The maximum atomic E-state index is 5.76. The number of methoxy groups -OCH3 is 1. The van der Waals surface area contributed by atoms with Gasteiger partial charge in [-0.3, -0.25) is 0 Å². The van der Waals surface area contributed by atoms with Gasteiger partial charge in [-0.1, -0.05) is 30.4 Å². The van der Waals surface area contributed by atoms with Crippen LogP contribution in [-0.4, -0.2) is 28.6 Å². The molecule has 0 aliphatic carbocycles.